The van der Waals surface area contributed by atoms with Crippen LogP contribution in [0.2, 0.25) is 0 Å². The molecule has 0 bridgehead atoms. The van der Waals surface area contributed by atoms with Crippen molar-refractivity contribution in [1.82, 2.24) is 10.1 Å². The van der Waals surface area contributed by atoms with Crippen LogP contribution in [0, 0.1) is 6.92 Å². The first-order chi connectivity index (χ1) is 9.08. The summed E-state index contributed by atoms with van der Waals surface area (Å²) in [7, 11) is 0. The number of hydrogen-bond donors (Lipinski definition) is 1. The minimum atomic E-state index is -0.824. The molecular formula is C13H18N2O4. The van der Waals surface area contributed by atoms with Crippen molar-refractivity contribution in [2.24, 2.45) is 0 Å². The Labute approximate surface area is 111 Å². The topological polar surface area (TPSA) is 83.6 Å². The summed E-state index contributed by atoms with van der Waals surface area (Å²) in [6.07, 6.45) is 3.43. The maximum absolute atomic E-state index is 12.3. The van der Waals surface area contributed by atoms with Crippen LogP contribution in [0.25, 0.3) is 0 Å². The smallest absolute Gasteiger partial charge is 0.303 e. The third kappa shape index (κ3) is 3.33. The molecule has 1 aliphatic heterocycles. The van der Waals surface area contributed by atoms with E-state index in [0.29, 0.717) is 24.4 Å². The Morgan fingerprint density at radius 2 is 2.32 bits per heavy atom. The fraction of sp³-hybridized carbons (Fsp3) is 0.615. The zero-order valence-electron chi connectivity index (χ0n) is 11.0. The van der Waals surface area contributed by atoms with E-state index in [1.54, 1.807) is 17.9 Å². The molecule has 1 aromatic heterocycles. The first-order valence-electron chi connectivity index (χ1n) is 6.54. The average Bonchev–Trinajstić information content (AvgIpc) is 2.82. The highest BCUT2D eigenvalue weighted by molar-refractivity contribution is 5.92. The molecule has 2 rings (SSSR count). The Morgan fingerprint density at radius 1 is 1.53 bits per heavy atom. The molecule has 1 amide bonds. The van der Waals surface area contributed by atoms with Crippen LogP contribution in [0.5, 0.6) is 0 Å². The highest BCUT2D eigenvalue weighted by Gasteiger charge is 2.29. The van der Waals surface area contributed by atoms with Crippen LogP contribution < -0.4 is 0 Å². The Morgan fingerprint density at radius 3 is 2.95 bits per heavy atom. The fourth-order valence-corrected chi connectivity index (χ4v) is 2.47. The van der Waals surface area contributed by atoms with Crippen LogP contribution >= 0.6 is 0 Å². The Kier molecular flexibility index (Phi) is 4.19. The predicted octanol–water partition coefficient (Wildman–Crippen LogP) is 1.84. The lowest BCUT2D eigenvalue weighted by molar-refractivity contribution is -0.137. The van der Waals surface area contributed by atoms with Crippen molar-refractivity contribution in [3.8, 4) is 0 Å². The lowest BCUT2D eigenvalue weighted by Crippen LogP contribution is -2.44. The van der Waals surface area contributed by atoms with Gasteiger partial charge in [0.1, 0.15) is 5.76 Å². The minimum Gasteiger partial charge on any atom is -0.481 e. The summed E-state index contributed by atoms with van der Waals surface area (Å²) in [6.45, 7) is 2.40. The molecule has 2 heterocycles. The second kappa shape index (κ2) is 5.86. The average molecular weight is 266 g/mol. The third-order valence-electron chi connectivity index (χ3n) is 3.43. The molecule has 1 fully saturated rings. The summed E-state index contributed by atoms with van der Waals surface area (Å²) in [5, 5.41) is 12.5. The molecule has 104 valence electrons. The monoisotopic (exact) mass is 266 g/mol. The summed E-state index contributed by atoms with van der Waals surface area (Å²) < 4.78 is 4.92. The van der Waals surface area contributed by atoms with E-state index in [2.05, 4.69) is 5.16 Å². The van der Waals surface area contributed by atoms with Crippen LogP contribution in [0.3, 0.4) is 0 Å². The predicted molar refractivity (Wildman–Crippen MR) is 66.8 cm³/mol. The zero-order valence-corrected chi connectivity index (χ0v) is 11.0. The van der Waals surface area contributed by atoms with Crippen molar-refractivity contribution >= 4 is 11.9 Å². The van der Waals surface area contributed by atoms with Gasteiger partial charge in [-0.15, -0.1) is 0 Å². The number of carbonyl (C=O) groups excluding carboxylic acids is 1. The van der Waals surface area contributed by atoms with E-state index in [9.17, 15) is 9.59 Å². The van der Waals surface area contributed by atoms with Crippen molar-refractivity contribution in [1.29, 1.82) is 0 Å². The van der Waals surface area contributed by atoms with E-state index in [1.807, 2.05) is 0 Å². The molecule has 0 aromatic carbocycles. The molecule has 1 aliphatic rings. The molecule has 1 atom stereocenters. The van der Waals surface area contributed by atoms with Gasteiger partial charge in [-0.1, -0.05) is 5.16 Å². The van der Waals surface area contributed by atoms with Gasteiger partial charge in [-0.25, -0.2) is 0 Å². The maximum atomic E-state index is 12.3. The number of hydrogen-bond acceptors (Lipinski definition) is 4. The van der Waals surface area contributed by atoms with Crippen LogP contribution in [-0.2, 0) is 4.79 Å². The number of carbonyl (C=O) groups is 2. The summed E-state index contributed by atoms with van der Waals surface area (Å²) in [4.78, 5) is 24.7. The van der Waals surface area contributed by atoms with Crippen molar-refractivity contribution in [2.75, 3.05) is 6.54 Å². The van der Waals surface area contributed by atoms with Crippen LogP contribution in [0.4, 0.5) is 0 Å². The first kappa shape index (κ1) is 13.6. The SMILES string of the molecule is Cc1cc(C(=O)N2CCCC[C@@H]2CCC(=O)O)no1. The molecule has 19 heavy (non-hydrogen) atoms. The van der Waals surface area contributed by atoms with Gasteiger partial charge in [0.2, 0.25) is 0 Å². The van der Waals surface area contributed by atoms with Gasteiger partial charge in [0.15, 0.2) is 5.69 Å². The molecule has 0 radical (unpaired) electrons. The third-order valence-corrected chi connectivity index (χ3v) is 3.43. The number of nitrogens with zero attached hydrogens (tertiary/aromatic N) is 2. The lowest BCUT2D eigenvalue weighted by atomic mass is 9.97. The number of likely N-dealkylation sites (tertiary alicyclic amines) is 1. The maximum Gasteiger partial charge on any atom is 0.303 e. The summed E-state index contributed by atoms with van der Waals surface area (Å²) in [6, 6.07) is 1.61. The van der Waals surface area contributed by atoms with Gasteiger partial charge in [0.25, 0.3) is 5.91 Å². The number of rotatable bonds is 4. The summed E-state index contributed by atoms with van der Waals surface area (Å²) in [5.74, 6) is -0.385. The normalized spacial score (nSPS) is 19.4. The summed E-state index contributed by atoms with van der Waals surface area (Å²) in [5.41, 5.74) is 0.305. The van der Waals surface area contributed by atoms with Crippen molar-refractivity contribution in [3.63, 3.8) is 0 Å². The molecule has 0 aliphatic carbocycles. The van der Waals surface area contributed by atoms with E-state index < -0.39 is 5.97 Å². The molecular weight excluding hydrogens is 248 g/mol. The Bertz CT molecular complexity index is 469. The zero-order chi connectivity index (χ0) is 13.8. The lowest BCUT2D eigenvalue weighted by Gasteiger charge is -2.35. The Balaban J connectivity index is 2.06. The van der Waals surface area contributed by atoms with Gasteiger partial charge in [-0.2, -0.15) is 0 Å². The van der Waals surface area contributed by atoms with E-state index in [1.165, 1.54) is 0 Å². The number of amides is 1. The molecule has 6 heteroatoms. The number of carboxylic acids is 1. The van der Waals surface area contributed by atoms with Crippen LogP contribution in [0.15, 0.2) is 10.6 Å². The number of aliphatic carboxylic acids is 1. The molecule has 0 spiro atoms. The van der Waals surface area contributed by atoms with Crippen molar-refractivity contribution < 1.29 is 19.2 Å². The molecule has 1 aromatic rings. The van der Waals surface area contributed by atoms with Gasteiger partial charge < -0.3 is 14.5 Å². The van der Waals surface area contributed by atoms with Crippen LogP contribution in [0.1, 0.15) is 48.4 Å². The first-order valence-corrected chi connectivity index (χ1v) is 6.54. The molecule has 1 N–H and O–H groups in total. The number of aromatic nitrogens is 1. The molecule has 1 saturated heterocycles. The quantitative estimate of drug-likeness (QED) is 0.899. The Hall–Kier alpha value is -1.85. The van der Waals surface area contributed by atoms with Crippen molar-refractivity contribution in [3.05, 3.63) is 17.5 Å². The molecule has 6 nitrogen and oxygen atoms in total. The number of aryl methyl sites for hydroxylation is 1. The fourth-order valence-electron chi connectivity index (χ4n) is 2.47. The second-order valence-corrected chi connectivity index (χ2v) is 4.90. The number of piperidine rings is 1. The van der Waals surface area contributed by atoms with Crippen LogP contribution in [-0.4, -0.2) is 39.6 Å². The van der Waals surface area contributed by atoms with E-state index in [0.717, 1.165) is 19.3 Å². The molecule has 0 unspecified atom stereocenters. The second-order valence-electron chi connectivity index (χ2n) is 4.90. The van der Waals surface area contributed by atoms with E-state index in [4.69, 9.17) is 9.63 Å². The number of carboxylic acid groups (broad SMARTS) is 1. The van der Waals surface area contributed by atoms with Gasteiger partial charge in [-0.3, -0.25) is 9.59 Å². The minimum absolute atomic E-state index is 0.00523. The highest BCUT2D eigenvalue weighted by atomic mass is 16.5. The largest absolute Gasteiger partial charge is 0.481 e. The van der Waals surface area contributed by atoms with Gasteiger partial charge in [0.05, 0.1) is 0 Å². The highest BCUT2D eigenvalue weighted by Crippen LogP contribution is 2.23. The van der Waals surface area contributed by atoms with E-state index in [-0.39, 0.29) is 18.4 Å². The van der Waals surface area contributed by atoms with Gasteiger partial charge in [-0.05, 0) is 32.6 Å². The van der Waals surface area contributed by atoms with Gasteiger partial charge >= 0.3 is 5.97 Å². The molecule has 0 saturated carbocycles. The van der Waals surface area contributed by atoms with E-state index >= 15 is 0 Å². The van der Waals surface area contributed by atoms with Crippen molar-refractivity contribution in [2.45, 2.75) is 45.1 Å². The van der Waals surface area contributed by atoms with Gasteiger partial charge in [0, 0.05) is 25.1 Å². The standard InChI is InChI=1S/C13H18N2O4/c1-9-8-11(14-19-9)13(18)15-7-3-2-4-10(15)5-6-12(16)17/h8,10H,2-7H2,1H3,(H,16,17)/t10-/m1/s1. The summed E-state index contributed by atoms with van der Waals surface area (Å²) >= 11 is 0.